The summed E-state index contributed by atoms with van der Waals surface area (Å²) in [5, 5.41) is 48.5. The SMILES string of the molecule is Cn1nc(-c2cccc(Cl)c2Cl)cc1N1CCN(C(=O)CNC(=O)[C@H](N=C(N)N)C2CCCCC2)CC1C(=O)O.Cn1nc(-c2cccc(Cl)c2Cl)cc1N1CCN(C(=O)OC(C)(C)C)CC1C(=O)O.Cn1nc(-c2cccc(Cl)c2Cl)cc1N1CCN(C(=O)OC(C)(C)C)CC1CO. The molecule has 6 heterocycles. The molecule has 27 nitrogen and oxygen atoms in total. The van der Waals surface area contributed by atoms with Crippen LogP contribution in [0, 0.1) is 5.92 Å². The van der Waals surface area contributed by atoms with Crippen LogP contribution in [0.2, 0.25) is 30.1 Å². The first-order valence-corrected chi connectivity index (χ1v) is 34.3. The lowest BCUT2D eigenvalue weighted by Gasteiger charge is -2.41. The molecule has 4 atom stereocenters. The van der Waals surface area contributed by atoms with E-state index in [1.165, 1.54) is 9.80 Å². The van der Waals surface area contributed by atoms with Gasteiger partial charge in [0.15, 0.2) is 5.96 Å². The summed E-state index contributed by atoms with van der Waals surface area (Å²) in [7, 11) is 5.28. The average molecular weight is 1490 g/mol. The zero-order valence-electron chi connectivity index (χ0n) is 56.5. The Balaban J connectivity index is 0.000000193. The average Bonchev–Trinajstić information content (AvgIpc) is 1.67. The van der Waals surface area contributed by atoms with E-state index in [-0.39, 0.29) is 69.3 Å². The molecule has 1 aliphatic carbocycles. The van der Waals surface area contributed by atoms with Crippen LogP contribution >= 0.6 is 69.6 Å². The highest BCUT2D eigenvalue weighted by Gasteiger charge is 2.40. The summed E-state index contributed by atoms with van der Waals surface area (Å²) >= 11 is 37.4. The second kappa shape index (κ2) is 33.0. The number of aliphatic hydroxyl groups is 1. The Morgan fingerprint density at radius 3 is 1.32 bits per heavy atom. The number of carbonyl (C=O) groups excluding carboxylic acids is 4. The number of guanidine groups is 1. The fourth-order valence-electron chi connectivity index (χ4n) is 12.1. The number of aryl methyl sites for hydroxylation is 3. The van der Waals surface area contributed by atoms with Gasteiger partial charge in [-0.3, -0.25) is 23.6 Å². The van der Waals surface area contributed by atoms with Crippen LogP contribution in [0.5, 0.6) is 0 Å². The number of carboxylic acids is 2. The van der Waals surface area contributed by atoms with E-state index < -0.39 is 53.3 Å². The number of halogens is 6. The molecule has 536 valence electrons. The number of nitrogens with one attached hydrogen (secondary N) is 1. The molecule has 4 amide bonds. The van der Waals surface area contributed by atoms with E-state index in [0.29, 0.717) is 103 Å². The number of nitrogens with zero attached hydrogens (tertiary/aromatic N) is 13. The van der Waals surface area contributed by atoms with Crippen molar-refractivity contribution in [3.8, 4) is 33.8 Å². The minimum Gasteiger partial charge on any atom is -0.480 e. The van der Waals surface area contributed by atoms with Gasteiger partial charge < -0.3 is 71.0 Å². The molecule has 4 aliphatic rings. The van der Waals surface area contributed by atoms with Crippen molar-refractivity contribution < 1.29 is 53.6 Å². The number of rotatable bonds is 14. The third-order valence-corrected chi connectivity index (χ3v) is 19.3. The molecule has 1 saturated carbocycles. The lowest BCUT2D eigenvalue weighted by atomic mass is 9.83. The standard InChI is InChI=1S/C26H34Cl2N8O4.C20H24Cl2N4O4.C20H26Cl2N4O3/c1-34-20(12-18(33-34)16-8-5-9-17(27)22(16)28)36-11-10-35(14-19(36)25(39)40)21(37)13-31-24(38)23(32-26(29)30)15-6-3-2-4-7-15;1-20(2,3)30-19(29)25-8-9-26(15(11-25)18(27)28)16-10-14(23-24(16)4)12-6-5-7-13(21)17(12)22;1-20(2,3)29-19(28)25-8-9-26(13(11-25)12-27)17-10-16(23-24(17)4)14-6-5-7-15(21)18(14)22/h5,8-9,12,15,19,23H,2-4,6-7,10-11,13-14H2,1H3,(H,31,38)(H,39,40)(H4,29,30,32);5-7,10,15H,8-9,11H2,1-4H3,(H,27,28);5-7,10,13,27H,8-9,11-12H2,1-4H3/t19?,23-;;/m1../s1. The summed E-state index contributed by atoms with van der Waals surface area (Å²) in [6.07, 6.45) is 3.89. The number of piperazine rings is 3. The minimum absolute atomic E-state index is 0.00266. The van der Waals surface area contributed by atoms with E-state index in [1.807, 2.05) is 46.0 Å². The molecule has 0 bridgehead atoms. The first-order chi connectivity index (χ1) is 46.6. The molecule has 8 N–H and O–H groups in total. The Kier molecular flexibility index (Phi) is 25.6. The van der Waals surface area contributed by atoms with E-state index in [1.54, 1.807) is 118 Å². The molecule has 3 saturated heterocycles. The van der Waals surface area contributed by atoms with Crippen LogP contribution in [0.3, 0.4) is 0 Å². The second-order valence-corrected chi connectivity index (χ2v) is 28.6. The second-order valence-electron chi connectivity index (χ2n) is 26.3. The van der Waals surface area contributed by atoms with Crippen LogP contribution in [0.25, 0.3) is 33.8 Å². The number of carbonyl (C=O) groups is 6. The summed E-state index contributed by atoms with van der Waals surface area (Å²) in [5.41, 5.74) is 13.8. The van der Waals surface area contributed by atoms with E-state index in [9.17, 15) is 44.1 Å². The van der Waals surface area contributed by atoms with Crippen molar-refractivity contribution in [2.24, 2.45) is 43.5 Å². The molecule has 3 unspecified atom stereocenters. The lowest BCUT2D eigenvalue weighted by molar-refractivity contribution is -0.142. The van der Waals surface area contributed by atoms with Crippen LogP contribution in [0.15, 0.2) is 77.8 Å². The zero-order chi connectivity index (χ0) is 72.5. The Morgan fingerprint density at radius 2 is 0.939 bits per heavy atom. The Hall–Kier alpha value is -7.92. The van der Waals surface area contributed by atoms with Gasteiger partial charge in [0.1, 0.15) is 46.8 Å². The fourth-order valence-corrected chi connectivity index (χ4v) is 13.3. The zero-order valence-corrected chi connectivity index (χ0v) is 61.0. The number of amides is 4. The number of aliphatic imine (C=N–C) groups is 1. The highest BCUT2D eigenvalue weighted by Crippen LogP contribution is 2.39. The van der Waals surface area contributed by atoms with Crippen molar-refractivity contribution in [3.63, 3.8) is 0 Å². The van der Waals surface area contributed by atoms with Crippen molar-refractivity contribution >= 4 is 129 Å². The van der Waals surface area contributed by atoms with E-state index >= 15 is 0 Å². The summed E-state index contributed by atoms with van der Waals surface area (Å²) in [5.74, 6) is -1.08. The highest BCUT2D eigenvalue weighted by atomic mass is 35.5. The summed E-state index contributed by atoms with van der Waals surface area (Å²) in [4.78, 5) is 89.1. The predicted octanol–water partition coefficient (Wildman–Crippen LogP) is 9.55. The largest absolute Gasteiger partial charge is 0.480 e. The molecule has 0 spiro atoms. The number of carboxylic acid groups (broad SMARTS) is 2. The summed E-state index contributed by atoms with van der Waals surface area (Å²) < 4.78 is 15.8. The molecule has 0 radical (unpaired) electrons. The molecular weight excluding hydrogens is 1410 g/mol. The van der Waals surface area contributed by atoms with Crippen LogP contribution in [0.1, 0.15) is 73.6 Å². The first kappa shape index (κ1) is 76.8. The first-order valence-electron chi connectivity index (χ1n) is 32.1. The van der Waals surface area contributed by atoms with Gasteiger partial charge in [-0.2, -0.15) is 15.3 Å². The van der Waals surface area contributed by atoms with Crippen molar-refractivity contribution in [1.82, 2.24) is 49.4 Å². The lowest BCUT2D eigenvalue weighted by Crippen LogP contribution is -2.59. The van der Waals surface area contributed by atoms with Crippen molar-refractivity contribution in [3.05, 3.63) is 103 Å². The van der Waals surface area contributed by atoms with E-state index in [4.69, 9.17) is 90.5 Å². The number of aliphatic hydroxyl groups excluding tert-OH is 1. The van der Waals surface area contributed by atoms with Crippen LogP contribution in [0.4, 0.5) is 27.0 Å². The Bertz CT molecular complexity index is 3940. The van der Waals surface area contributed by atoms with Crippen LogP contribution in [-0.2, 0) is 49.8 Å². The molecular formula is C66H84Cl6N16O11. The number of hydrogen-bond acceptors (Lipinski definition) is 16. The number of anilines is 3. The third kappa shape index (κ3) is 19.3. The van der Waals surface area contributed by atoms with Crippen molar-refractivity contribution in [1.29, 1.82) is 0 Å². The van der Waals surface area contributed by atoms with Gasteiger partial charge in [0, 0.05) is 102 Å². The molecule has 3 aromatic heterocycles. The van der Waals surface area contributed by atoms with Crippen molar-refractivity contribution in [2.75, 3.05) is 86.8 Å². The maximum atomic E-state index is 13.0. The fraction of sp³-hybridized carbons (Fsp3) is 0.485. The monoisotopic (exact) mass is 1490 g/mol. The number of aromatic nitrogens is 6. The van der Waals surface area contributed by atoms with Crippen LogP contribution in [-0.4, -0.2) is 209 Å². The number of aliphatic carboxylic acids is 2. The van der Waals surface area contributed by atoms with Crippen molar-refractivity contribution in [2.45, 2.75) is 109 Å². The molecule has 3 aliphatic heterocycles. The van der Waals surface area contributed by atoms with Gasteiger partial charge >= 0.3 is 24.1 Å². The van der Waals surface area contributed by atoms with Crippen LogP contribution < -0.4 is 31.5 Å². The Labute approximate surface area is 604 Å². The Morgan fingerprint density at radius 1 is 0.566 bits per heavy atom. The maximum Gasteiger partial charge on any atom is 0.410 e. The number of benzene rings is 3. The summed E-state index contributed by atoms with van der Waals surface area (Å²) in [6, 6.07) is 18.4. The van der Waals surface area contributed by atoms with Gasteiger partial charge in [-0.15, -0.1) is 0 Å². The van der Waals surface area contributed by atoms with Gasteiger partial charge in [0.25, 0.3) is 0 Å². The maximum absolute atomic E-state index is 13.0. The predicted molar refractivity (Wildman–Crippen MR) is 383 cm³/mol. The van der Waals surface area contributed by atoms with Gasteiger partial charge in [-0.1, -0.05) is 125 Å². The normalized spacial score (nSPS) is 17.9. The number of hydrogen-bond donors (Lipinski definition) is 6. The third-order valence-electron chi connectivity index (χ3n) is 16.9. The summed E-state index contributed by atoms with van der Waals surface area (Å²) in [6.45, 7) is 12.9. The number of ether oxygens (including phenoxy) is 2. The topological polar surface area (TPSA) is 331 Å². The van der Waals surface area contributed by atoms with E-state index in [2.05, 4.69) is 30.5 Å². The van der Waals surface area contributed by atoms with Gasteiger partial charge in [0.2, 0.25) is 11.8 Å². The molecule has 6 aromatic rings. The number of nitrogens with two attached hydrogens (primary N) is 2. The molecule has 4 fully saturated rings. The molecule has 33 heteroatoms. The smallest absolute Gasteiger partial charge is 0.410 e. The molecule has 3 aromatic carbocycles. The van der Waals surface area contributed by atoms with E-state index in [0.717, 1.165) is 43.5 Å². The minimum atomic E-state index is -1.09. The van der Waals surface area contributed by atoms with Gasteiger partial charge in [-0.05, 0) is 78.5 Å². The molecule has 10 rings (SSSR count). The van der Waals surface area contributed by atoms with Gasteiger partial charge in [-0.25, -0.2) is 24.2 Å². The molecule has 99 heavy (non-hydrogen) atoms. The highest BCUT2D eigenvalue weighted by molar-refractivity contribution is 6.45. The van der Waals surface area contributed by atoms with Gasteiger partial charge in [0.05, 0.1) is 79.5 Å². The quantitative estimate of drug-likeness (QED) is 0.0436.